The van der Waals surface area contributed by atoms with Crippen LogP contribution >= 0.6 is 35.4 Å². The predicted molar refractivity (Wildman–Crippen MR) is 95.2 cm³/mol. The second-order valence-corrected chi connectivity index (χ2v) is 7.12. The van der Waals surface area contributed by atoms with Gasteiger partial charge in [-0.2, -0.15) is 14.9 Å². The van der Waals surface area contributed by atoms with E-state index in [1.54, 1.807) is 0 Å². The Bertz CT molecular complexity index is 945. The summed E-state index contributed by atoms with van der Waals surface area (Å²) in [5.74, 6) is -0.864. The molecule has 0 bridgehead atoms. The van der Waals surface area contributed by atoms with Crippen molar-refractivity contribution in [3.8, 4) is 11.5 Å². The molecule has 3 N–H and O–H groups in total. The SMILES string of the molecule is CC(C)(C)c1n[nH]c(=S)n(/N=C\c2cc(Cl)c(O)c(Cl)c2O)c1=O. The van der Waals surface area contributed by atoms with Crippen LogP contribution in [0.5, 0.6) is 11.5 Å². The highest BCUT2D eigenvalue weighted by Gasteiger charge is 2.21. The van der Waals surface area contributed by atoms with E-state index in [0.29, 0.717) is 0 Å². The van der Waals surface area contributed by atoms with E-state index in [9.17, 15) is 15.0 Å². The van der Waals surface area contributed by atoms with Crippen molar-refractivity contribution in [1.82, 2.24) is 14.9 Å². The third-order valence-electron chi connectivity index (χ3n) is 3.07. The van der Waals surface area contributed by atoms with Crippen LogP contribution in [0.4, 0.5) is 0 Å². The second-order valence-electron chi connectivity index (χ2n) is 5.95. The summed E-state index contributed by atoms with van der Waals surface area (Å²) in [7, 11) is 0. The molecule has 0 aliphatic carbocycles. The Hall–Kier alpha value is -1.90. The Labute approximate surface area is 152 Å². The van der Waals surface area contributed by atoms with Gasteiger partial charge in [0.2, 0.25) is 4.77 Å². The van der Waals surface area contributed by atoms with Crippen molar-refractivity contribution in [1.29, 1.82) is 0 Å². The third-order valence-corrected chi connectivity index (χ3v) is 3.98. The zero-order chi connectivity index (χ0) is 18.2. The Balaban J connectivity index is 2.60. The average Bonchev–Trinajstić information content (AvgIpc) is 2.48. The molecule has 0 amide bonds. The molecule has 0 atom stereocenters. The molecular weight excluding hydrogens is 375 g/mol. The molecule has 0 spiro atoms. The van der Waals surface area contributed by atoms with Crippen LogP contribution in [0.25, 0.3) is 0 Å². The number of aromatic hydroxyl groups is 2. The van der Waals surface area contributed by atoms with Gasteiger partial charge in [-0.1, -0.05) is 44.0 Å². The molecule has 0 saturated heterocycles. The van der Waals surface area contributed by atoms with Gasteiger partial charge < -0.3 is 10.2 Å². The molecule has 0 unspecified atom stereocenters. The third kappa shape index (κ3) is 3.45. The Kier molecular flexibility index (Phi) is 5.03. The lowest BCUT2D eigenvalue weighted by atomic mass is 9.93. The molecule has 1 aromatic carbocycles. The van der Waals surface area contributed by atoms with Crippen LogP contribution in [0.1, 0.15) is 32.0 Å². The normalized spacial score (nSPS) is 12.0. The van der Waals surface area contributed by atoms with E-state index in [1.165, 1.54) is 6.07 Å². The summed E-state index contributed by atoms with van der Waals surface area (Å²) < 4.78 is 0.927. The minimum Gasteiger partial charge on any atom is -0.506 e. The number of rotatable bonds is 2. The van der Waals surface area contributed by atoms with Crippen LogP contribution in [0.2, 0.25) is 10.0 Å². The van der Waals surface area contributed by atoms with Gasteiger partial charge in [0.25, 0.3) is 5.56 Å². The van der Waals surface area contributed by atoms with Gasteiger partial charge in [0, 0.05) is 11.0 Å². The van der Waals surface area contributed by atoms with Gasteiger partial charge in [-0.25, -0.2) is 0 Å². The second kappa shape index (κ2) is 6.54. The van der Waals surface area contributed by atoms with Gasteiger partial charge in [0.15, 0.2) is 5.75 Å². The predicted octanol–water partition coefficient (Wildman–Crippen LogP) is 3.20. The van der Waals surface area contributed by atoms with Crippen LogP contribution < -0.4 is 5.56 Å². The molecule has 1 aromatic heterocycles. The van der Waals surface area contributed by atoms with Crippen molar-refractivity contribution in [2.75, 3.05) is 0 Å². The zero-order valence-electron chi connectivity index (χ0n) is 13.0. The van der Waals surface area contributed by atoms with Crippen molar-refractivity contribution >= 4 is 41.6 Å². The fraction of sp³-hybridized carbons (Fsp3) is 0.286. The number of halogens is 2. The lowest BCUT2D eigenvalue weighted by Crippen LogP contribution is -2.32. The standard InChI is InChI=1S/C14H14Cl2N4O3S/c1-14(2,3)11-12(23)20(13(24)19-18-11)17-5-6-4-7(15)10(22)8(16)9(6)21/h4-5,21-22H,1-3H3,(H,19,24)/b17-5-. The molecule has 1 heterocycles. The van der Waals surface area contributed by atoms with Gasteiger partial charge >= 0.3 is 0 Å². The molecule has 7 nitrogen and oxygen atoms in total. The number of benzene rings is 1. The first-order valence-electron chi connectivity index (χ1n) is 6.70. The van der Waals surface area contributed by atoms with Crippen LogP contribution in [0.3, 0.4) is 0 Å². The van der Waals surface area contributed by atoms with Crippen LogP contribution in [-0.2, 0) is 5.41 Å². The smallest absolute Gasteiger partial charge is 0.297 e. The highest BCUT2D eigenvalue weighted by molar-refractivity contribution is 7.71. The van der Waals surface area contributed by atoms with E-state index in [0.717, 1.165) is 10.9 Å². The number of hydrogen-bond acceptors (Lipinski definition) is 6. The summed E-state index contributed by atoms with van der Waals surface area (Å²) in [6, 6.07) is 1.26. The molecule has 24 heavy (non-hydrogen) atoms. The summed E-state index contributed by atoms with van der Waals surface area (Å²) in [6.45, 7) is 5.48. The van der Waals surface area contributed by atoms with Gasteiger partial charge in [-0.05, 0) is 18.3 Å². The van der Waals surface area contributed by atoms with E-state index in [1.807, 2.05) is 20.8 Å². The lowest BCUT2D eigenvalue weighted by molar-refractivity contribution is 0.450. The Morgan fingerprint density at radius 3 is 2.54 bits per heavy atom. The molecule has 2 aromatic rings. The minimum absolute atomic E-state index is 0.0142. The summed E-state index contributed by atoms with van der Waals surface area (Å²) in [4.78, 5) is 12.5. The van der Waals surface area contributed by atoms with Crippen molar-refractivity contribution in [3.05, 3.63) is 42.5 Å². The summed E-state index contributed by atoms with van der Waals surface area (Å²) >= 11 is 16.6. The maximum absolute atomic E-state index is 12.5. The molecule has 2 rings (SSSR count). The number of hydrogen-bond donors (Lipinski definition) is 3. The molecule has 0 saturated carbocycles. The van der Waals surface area contributed by atoms with Crippen molar-refractivity contribution in [2.24, 2.45) is 5.10 Å². The summed E-state index contributed by atoms with van der Waals surface area (Å²) in [5, 5.41) is 29.6. The number of nitrogens with zero attached hydrogens (tertiary/aromatic N) is 3. The largest absolute Gasteiger partial charge is 0.506 e. The number of phenolic OH excluding ortho intramolecular Hbond substituents is 2. The molecule has 0 fully saturated rings. The van der Waals surface area contributed by atoms with Gasteiger partial charge in [-0.15, -0.1) is 0 Å². The van der Waals surface area contributed by atoms with E-state index >= 15 is 0 Å². The molecular formula is C14H14Cl2N4O3S. The highest BCUT2D eigenvalue weighted by Crippen LogP contribution is 2.40. The Morgan fingerprint density at radius 1 is 1.33 bits per heavy atom. The van der Waals surface area contributed by atoms with Gasteiger partial charge in [-0.3, -0.25) is 9.89 Å². The topological polar surface area (TPSA) is 104 Å². The number of aromatic amines is 1. The number of aromatic nitrogens is 3. The monoisotopic (exact) mass is 388 g/mol. The first-order valence-corrected chi connectivity index (χ1v) is 7.87. The van der Waals surface area contributed by atoms with Crippen molar-refractivity contribution < 1.29 is 10.2 Å². The lowest BCUT2D eigenvalue weighted by Gasteiger charge is -2.16. The number of nitrogens with one attached hydrogen (secondary N) is 1. The van der Waals surface area contributed by atoms with Crippen LogP contribution in [0, 0.1) is 4.77 Å². The summed E-state index contributed by atoms with van der Waals surface area (Å²) in [6.07, 6.45) is 1.16. The van der Waals surface area contributed by atoms with Crippen LogP contribution in [0.15, 0.2) is 16.0 Å². The van der Waals surface area contributed by atoms with Crippen LogP contribution in [-0.4, -0.2) is 31.3 Å². The quantitative estimate of drug-likeness (QED) is 0.541. The maximum Gasteiger partial charge on any atom is 0.297 e. The van der Waals surface area contributed by atoms with E-state index < -0.39 is 22.5 Å². The van der Waals surface area contributed by atoms with Gasteiger partial charge in [0.1, 0.15) is 16.5 Å². The molecule has 0 aliphatic heterocycles. The van der Waals surface area contributed by atoms with Crippen molar-refractivity contribution in [3.63, 3.8) is 0 Å². The molecule has 128 valence electrons. The van der Waals surface area contributed by atoms with Gasteiger partial charge in [0.05, 0.1) is 11.2 Å². The first-order chi connectivity index (χ1) is 11.0. The van der Waals surface area contributed by atoms with E-state index in [2.05, 4.69) is 15.3 Å². The molecule has 0 aliphatic rings. The fourth-order valence-electron chi connectivity index (χ4n) is 1.82. The van der Waals surface area contributed by atoms with E-state index in [-0.39, 0.29) is 26.1 Å². The Morgan fingerprint density at radius 2 is 1.96 bits per heavy atom. The molecule has 10 heteroatoms. The first kappa shape index (κ1) is 18.4. The van der Waals surface area contributed by atoms with E-state index in [4.69, 9.17) is 35.4 Å². The molecule has 0 radical (unpaired) electrons. The summed E-state index contributed by atoms with van der Waals surface area (Å²) in [5.41, 5.74) is -0.642. The number of phenols is 2. The average molecular weight is 389 g/mol. The number of H-pyrrole nitrogens is 1. The maximum atomic E-state index is 12.5. The highest BCUT2D eigenvalue weighted by atomic mass is 35.5. The fourth-order valence-corrected chi connectivity index (χ4v) is 2.47. The van der Waals surface area contributed by atoms with Crippen molar-refractivity contribution in [2.45, 2.75) is 26.2 Å². The minimum atomic E-state index is -0.513. The zero-order valence-corrected chi connectivity index (χ0v) is 15.3.